The molecule has 0 amide bonds. The average molecular weight is 172 g/mol. The van der Waals surface area contributed by atoms with E-state index in [9.17, 15) is 0 Å². The van der Waals surface area contributed by atoms with Gasteiger partial charge in [0.2, 0.25) is 0 Å². The molecule has 13 heavy (non-hydrogen) atoms. The van der Waals surface area contributed by atoms with Gasteiger partial charge >= 0.3 is 0 Å². The summed E-state index contributed by atoms with van der Waals surface area (Å²) in [5.74, 6) is -0.769. The molecule has 0 aromatic rings. The van der Waals surface area contributed by atoms with Crippen molar-refractivity contribution >= 4 is 0 Å². The highest BCUT2D eigenvalue weighted by molar-refractivity contribution is 5.44. The van der Waals surface area contributed by atoms with Crippen LogP contribution < -0.4 is 0 Å². The Kier molecular flexibility index (Phi) is 2.89. The summed E-state index contributed by atoms with van der Waals surface area (Å²) >= 11 is 0. The van der Waals surface area contributed by atoms with Gasteiger partial charge in [0.1, 0.15) is 6.61 Å². The van der Waals surface area contributed by atoms with Crippen molar-refractivity contribution in [2.75, 3.05) is 6.61 Å². The Hall–Kier alpha value is -2.00. The predicted octanol–water partition coefficient (Wildman–Crippen LogP) is 1.68. The molecule has 0 aromatic heterocycles. The Balaban J connectivity index is 2.80. The molecule has 0 bridgehead atoms. The fourth-order valence-electron chi connectivity index (χ4n) is 0.972. The molecule has 1 rings (SSSR count). The van der Waals surface area contributed by atoms with E-state index in [1.807, 2.05) is 12.1 Å². The summed E-state index contributed by atoms with van der Waals surface area (Å²) in [7, 11) is 0. The minimum atomic E-state index is -0.769. The zero-order valence-corrected chi connectivity index (χ0v) is 7.03. The molecule has 0 aromatic carbocycles. The minimum Gasteiger partial charge on any atom is -0.497 e. The standard InChI is InChI=1S/C10H8N2O/c1-8(10(6-11)7-12)9-2-4-13-5-3-9/h2-4,10H,1,5H2. The van der Waals surface area contributed by atoms with Crippen LogP contribution in [0.5, 0.6) is 0 Å². The van der Waals surface area contributed by atoms with Gasteiger partial charge in [-0.05, 0) is 23.3 Å². The number of allylic oxidation sites excluding steroid dienone is 3. The van der Waals surface area contributed by atoms with Gasteiger partial charge in [0, 0.05) is 0 Å². The third kappa shape index (κ3) is 1.98. The molecule has 64 valence electrons. The van der Waals surface area contributed by atoms with E-state index < -0.39 is 5.92 Å². The van der Waals surface area contributed by atoms with E-state index in [2.05, 4.69) is 6.58 Å². The molecule has 0 spiro atoms. The number of hydrogen-bond acceptors (Lipinski definition) is 3. The van der Waals surface area contributed by atoms with E-state index in [4.69, 9.17) is 15.3 Å². The van der Waals surface area contributed by atoms with Crippen LogP contribution in [-0.2, 0) is 4.74 Å². The Labute approximate surface area is 76.8 Å². The lowest BCUT2D eigenvalue weighted by molar-refractivity contribution is 0.284. The molecular formula is C10H8N2O. The number of nitrogens with zero attached hydrogens (tertiary/aromatic N) is 2. The van der Waals surface area contributed by atoms with Crippen molar-refractivity contribution in [1.29, 1.82) is 10.5 Å². The number of hydrogen-bond donors (Lipinski definition) is 0. The van der Waals surface area contributed by atoms with Gasteiger partial charge < -0.3 is 4.74 Å². The highest BCUT2D eigenvalue weighted by Crippen LogP contribution is 2.20. The van der Waals surface area contributed by atoms with Crippen LogP contribution >= 0.6 is 0 Å². The van der Waals surface area contributed by atoms with Gasteiger partial charge in [-0.2, -0.15) is 10.5 Å². The van der Waals surface area contributed by atoms with Gasteiger partial charge in [-0.25, -0.2) is 0 Å². The van der Waals surface area contributed by atoms with Crippen LogP contribution in [0.3, 0.4) is 0 Å². The van der Waals surface area contributed by atoms with Crippen LogP contribution in [0.1, 0.15) is 0 Å². The van der Waals surface area contributed by atoms with E-state index in [0.29, 0.717) is 12.2 Å². The third-order valence-electron chi connectivity index (χ3n) is 1.72. The molecule has 0 aliphatic carbocycles. The third-order valence-corrected chi connectivity index (χ3v) is 1.72. The molecule has 3 heteroatoms. The molecule has 0 N–H and O–H groups in total. The van der Waals surface area contributed by atoms with E-state index in [-0.39, 0.29) is 0 Å². The molecule has 0 radical (unpaired) electrons. The smallest absolute Gasteiger partial charge is 0.158 e. The SMILES string of the molecule is C=C(C1=CCOC=C1)C(C#N)C#N. The molecule has 1 heterocycles. The largest absolute Gasteiger partial charge is 0.497 e. The quantitative estimate of drug-likeness (QED) is 0.636. The van der Waals surface area contributed by atoms with Gasteiger partial charge in [-0.15, -0.1) is 0 Å². The van der Waals surface area contributed by atoms with Crippen molar-refractivity contribution < 1.29 is 4.74 Å². The number of nitriles is 2. The maximum atomic E-state index is 8.61. The van der Waals surface area contributed by atoms with Crippen molar-refractivity contribution in [1.82, 2.24) is 0 Å². The second-order valence-electron chi connectivity index (χ2n) is 2.51. The lowest BCUT2D eigenvalue weighted by Crippen LogP contribution is -2.02. The molecule has 1 aliphatic rings. The molecule has 0 saturated carbocycles. The van der Waals surface area contributed by atoms with Gasteiger partial charge in [0.25, 0.3) is 0 Å². The van der Waals surface area contributed by atoms with Crippen molar-refractivity contribution in [3.63, 3.8) is 0 Å². The summed E-state index contributed by atoms with van der Waals surface area (Å²) in [6.45, 7) is 4.17. The summed E-state index contributed by atoms with van der Waals surface area (Å²) in [5.41, 5.74) is 1.34. The van der Waals surface area contributed by atoms with Gasteiger partial charge in [0.15, 0.2) is 5.92 Å². The molecule has 0 fully saturated rings. The first-order valence-corrected chi connectivity index (χ1v) is 3.76. The maximum absolute atomic E-state index is 8.61. The Morgan fingerprint density at radius 2 is 2.23 bits per heavy atom. The molecule has 0 atom stereocenters. The highest BCUT2D eigenvalue weighted by atomic mass is 16.5. The predicted molar refractivity (Wildman–Crippen MR) is 47.0 cm³/mol. The summed E-state index contributed by atoms with van der Waals surface area (Å²) in [6, 6.07) is 3.75. The normalized spacial score (nSPS) is 13.9. The molecule has 0 unspecified atom stereocenters. The van der Waals surface area contributed by atoms with E-state index >= 15 is 0 Å². The molecule has 0 saturated heterocycles. The monoisotopic (exact) mass is 172 g/mol. The van der Waals surface area contributed by atoms with Crippen LogP contribution in [0.4, 0.5) is 0 Å². The van der Waals surface area contributed by atoms with E-state index in [1.54, 1.807) is 12.2 Å². The molecule has 1 aliphatic heterocycles. The summed E-state index contributed by atoms with van der Waals surface area (Å²) in [4.78, 5) is 0. The minimum absolute atomic E-state index is 0.467. The first kappa shape index (κ1) is 9.09. The molecular weight excluding hydrogens is 164 g/mol. The van der Waals surface area contributed by atoms with Crippen molar-refractivity contribution in [2.45, 2.75) is 0 Å². The van der Waals surface area contributed by atoms with Crippen LogP contribution in [0, 0.1) is 28.6 Å². The van der Waals surface area contributed by atoms with Crippen LogP contribution in [0.15, 0.2) is 36.1 Å². The Morgan fingerprint density at radius 1 is 1.54 bits per heavy atom. The van der Waals surface area contributed by atoms with Gasteiger partial charge in [0.05, 0.1) is 18.4 Å². The van der Waals surface area contributed by atoms with Crippen LogP contribution in [0.25, 0.3) is 0 Å². The second-order valence-corrected chi connectivity index (χ2v) is 2.51. The van der Waals surface area contributed by atoms with Crippen LogP contribution in [-0.4, -0.2) is 6.61 Å². The van der Waals surface area contributed by atoms with Crippen molar-refractivity contribution in [3.8, 4) is 12.1 Å². The number of rotatable bonds is 2. The summed E-state index contributed by atoms with van der Waals surface area (Å²) in [5, 5.41) is 17.2. The fraction of sp³-hybridized carbons (Fsp3) is 0.200. The van der Waals surface area contributed by atoms with Crippen LogP contribution in [0.2, 0.25) is 0 Å². The lowest BCUT2D eigenvalue weighted by atomic mass is 9.95. The van der Waals surface area contributed by atoms with Gasteiger partial charge in [-0.3, -0.25) is 0 Å². The Bertz CT molecular complexity index is 338. The average Bonchev–Trinajstić information content (AvgIpc) is 2.21. The maximum Gasteiger partial charge on any atom is 0.158 e. The summed E-state index contributed by atoms with van der Waals surface area (Å²) in [6.07, 6.45) is 5.03. The highest BCUT2D eigenvalue weighted by Gasteiger charge is 2.13. The first-order valence-electron chi connectivity index (χ1n) is 3.76. The van der Waals surface area contributed by atoms with E-state index in [0.717, 1.165) is 5.57 Å². The zero-order chi connectivity index (χ0) is 9.68. The first-order chi connectivity index (χ1) is 6.29. The number of ether oxygens (including phenoxy) is 1. The fourth-order valence-corrected chi connectivity index (χ4v) is 0.972. The zero-order valence-electron chi connectivity index (χ0n) is 7.03. The summed E-state index contributed by atoms with van der Waals surface area (Å²) < 4.78 is 4.93. The van der Waals surface area contributed by atoms with Crippen molar-refractivity contribution in [3.05, 3.63) is 36.1 Å². The van der Waals surface area contributed by atoms with E-state index in [1.165, 1.54) is 6.26 Å². The Morgan fingerprint density at radius 3 is 2.69 bits per heavy atom. The topological polar surface area (TPSA) is 56.8 Å². The second kappa shape index (κ2) is 4.13. The lowest BCUT2D eigenvalue weighted by Gasteiger charge is -2.10. The van der Waals surface area contributed by atoms with Crippen molar-refractivity contribution in [2.24, 2.45) is 5.92 Å². The van der Waals surface area contributed by atoms with Gasteiger partial charge in [-0.1, -0.05) is 6.58 Å². The molecule has 3 nitrogen and oxygen atoms in total.